The first-order valence-electron chi connectivity index (χ1n) is 5.63. The third-order valence-electron chi connectivity index (χ3n) is 3.02. The minimum absolute atomic E-state index is 0.793. The second-order valence-electron chi connectivity index (χ2n) is 4.01. The molecule has 0 spiro atoms. The van der Waals surface area contributed by atoms with Gasteiger partial charge in [-0.05, 0) is 37.3 Å². The third-order valence-corrected chi connectivity index (χ3v) is 4.21. The maximum Gasteiger partial charge on any atom is 0.0100 e. The molecule has 2 atom stereocenters. The lowest BCUT2D eigenvalue weighted by atomic mass is 9.94. The Hall–Kier alpha value is 0.310. The zero-order valence-electron chi connectivity index (χ0n) is 9.01. The number of hydrogen-bond donors (Lipinski definition) is 1. The van der Waals surface area contributed by atoms with E-state index in [2.05, 4.69) is 31.1 Å². The van der Waals surface area contributed by atoms with Crippen molar-refractivity contribution in [2.75, 3.05) is 18.6 Å². The highest BCUT2D eigenvalue weighted by Gasteiger charge is 2.23. The van der Waals surface area contributed by atoms with Crippen LogP contribution in [0.4, 0.5) is 0 Å². The molecule has 1 aliphatic rings. The molecule has 1 rings (SSSR count). The van der Waals surface area contributed by atoms with Crippen molar-refractivity contribution in [3.63, 3.8) is 0 Å². The van der Waals surface area contributed by atoms with Gasteiger partial charge in [-0.1, -0.05) is 26.2 Å². The van der Waals surface area contributed by atoms with Crippen LogP contribution in [0.15, 0.2) is 0 Å². The molecule has 1 N–H and O–H groups in total. The van der Waals surface area contributed by atoms with E-state index in [4.69, 9.17) is 0 Å². The van der Waals surface area contributed by atoms with Gasteiger partial charge in [0.2, 0.25) is 0 Å². The summed E-state index contributed by atoms with van der Waals surface area (Å²) < 4.78 is 0. The molecule has 0 aromatic carbocycles. The zero-order chi connectivity index (χ0) is 9.52. The van der Waals surface area contributed by atoms with Gasteiger partial charge in [0.1, 0.15) is 0 Å². The second-order valence-corrected chi connectivity index (χ2v) is 5.16. The molecule has 2 heteroatoms. The van der Waals surface area contributed by atoms with Crippen LogP contribution < -0.4 is 5.32 Å². The van der Waals surface area contributed by atoms with Gasteiger partial charge >= 0.3 is 0 Å². The molecule has 0 amide bonds. The van der Waals surface area contributed by atoms with Crippen molar-refractivity contribution >= 4 is 11.8 Å². The zero-order valence-corrected chi connectivity index (χ0v) is 9.83. The smallest absolute Gasteiger partial charge is 0.0100 e. The Morgan fingerprint density at radius 1 is 1.46 bits per heavy atom. The van der Waals surface area contributed by atoms with Crippen LogP contribution in [0, 0.1) is 5.92 Å². The molecule has 1 saturated heterocycles. The van der Waals surface area contributed by atoms with Crippen LogP contribution in [-0.2, 0) is 0 Å². The van der Waals surface area contributed by atoms with Crippen LogP contribution >= 0.6 is 11.8 Å². The number of thioether (sulfide) groups is 1. The quantitative estimate of drug-likeness (QED) is 0.663. The molecule has 1 nitrogen and oxygen atoms in total. The molecular weight excluding hydrogens is 178 g/mol. The standard InChI is InChI=1S/C11H23NS/c1-3-4-5-6-11(12-2)10-7-8-13-9-10/h10-12H,3-9H2,1-2H3. The summed E-state index contributed by atoms with van der Waals surface area (Å²) in [6, 6.07) is 0.793. The molecular formula is C11H23NS. The minimum atomic E-state index is 0.793. The minimum Gasteiger partial charge on any atom is -0.317 e. The molecule has 1 heterocycles. The van der Waals surface area contributed by atoms with E-state index in [9.17, 15) is 0 Å². The molecule has 1 fully saturated rings. The lowest BCUT2D eigenvalue weighted by Gasteiger charge is -2.22. The Morgan fingerprint density at radius 2 is 2.31 bits per heavy atom. The Labute approximate surface area is 87.1 Å². The first-order valence-corrected chi connectivity index (χ1v) is 6.79. The third kappa shape index (κ3) is 3.90. The van der Waals surface area contributed by atoms with E-state index in [1.165, 1.54) is 43.6 Å². The number of nitrogens with one attached hydrogen (secondary N) is 1. The van der Waals surface area contributed by atoms with Crippen LogP contribution in [0.5, 0.6) is 0 Å². The molecule has 2 unspecified atom stereocenters. The van der Waals surface area contributed by atoms with Crippen LogP contribution in [0.25, 0.3) is 0 Å². The summed E-state index contributed by atoms with van der Waals surface area (Å²) in [4.78, 5) is 0. The Morgan fingerprint density at radius 3 is 2.85 bits per heavy atom. The average molecular weight is 201 g/mol. The summed E-state index contributed by atoms with van der Waals surface area (Å²) in [6.07, 6.45) is 6.97. The summed E-state index contributed by atoms with van der Waals surface area (Å²) in [5.74, 6) is 3.72. The fraction of sp³-hybridized carbons (Fsp3) is 1.00. The molecule has 0 bridgehead atoms. The van der Waals surface area contributed by atoms with E-state index in [0.29, 0.717) is 0 Å². The van der Waals surface area contributed by atoms with Gasteiger partial charge in [0.25, 0.3) is 0 Å². The van der Waals surface area contributed by atoms with Crippen molar-refractivity contribution < 1.29 is 0 Å². The fourth-order valence-electron chi connectivity index (χ4n) is 2.10. The Kier molecular flexibility index (Phi) is 5.88. The van der Waals surface area contributed by atoms with E-state index >= 15 is 0 Å². The SMILES string of the molecule is CCCCCC(NC)C1CCSC1. The summed E-state index contributed by atoms with van der Waals surface area (Å²) in [5.41, 5.74) is 0. The average Bonchev–Trinajstić information content (AvgIpc) is 2.65. The van der Waals surface area contributed by atoms with E-state index in [-0.39, 0.29) is 0 Å². The van der Waals surface area contributed by atoms with E-state index in [1.54, 1.807) is 0 Å². The summed E-state index contributed by atoms with van der Waals surface area (Å²) in [7, 11) is 2.12. The monoisotopic (exact) mass is 201 g/mol. The molecule has 13 heavy (non-hydrogen) atoms. The molecule has 78 valence electrons. The van der Waals surface area contributed by atoms with Gasteiger partial charge in [0, 0.05) is 6.04 Å². The highest BCUT2D eigenvalue weighted by Crippen LogP contribution is 2.28. The maximum atomic E-state index is 3.49. The predicted molar refractivity (Wildman–Crippen MR) is 62.4 cm³/mol. The van der Waals surface area contributed by atoms with Gasteiger partial charge in [0.15, 0.2) is 0 Å². The van der Waals surface area contributed by atoms with Gasteiger partial charge in [-0.2, -0.15) is 11.8 Å². The van der Waals surface area contributed by atoms with Gasteiger partial charge in [-0.15, -0.1) is 0 Å². The number of rotatable bonds is 6. The van der Waals surface area contributed by atoms with Crippen molar-refractivity contribution in [1.29, 1.82) is 0 Å². The van der Waals surface area contributed by atoms with Gasteiger partial charge < -0.3 is 5.32 Å². The topological polar surface area (TPSA) is 12.0 Å². The van der Waals surface area contributed by atoms with Crippen molar-refractivity contribution in [1.82, 2.24) is 5.32 Å². The first-order chi connectivity index (χ1) is 6.38. The summed E-state index contributed by atoms with van der Waals surface area (Å²) in [6.45, 7) is 2.28. The highest BCUT2D eigenvalue weighted by molar-refractivity contribution is 7.99. The van der Waals surface area contributed by atoms with Crippen molar-refractivity contribution in [3.8, 4) is 0 Å². The number of hydrogen-bond acceptors (Lipinski definition) is 2. The normalized spacial score (nSPS) is 24.9. The molecule has 0 aliphatic carbocycles. The van der Waals surface area contributed by atoms with Crippen LogP contribution in [0.3, 0.4) is 0 Å². The maximum absolute atomic E-state index is 3.49. The van der Waals surface area contributed by atoms with Crippen LogP contribution in [-0.4, -0.2) is 24.6 Å². The fourth-order valence-corrected chi connectivity index (χ4v) is 3.44. The number of unbranched alkanes of at least 4 members (excludes halogenated alkanes) is 2. The predicted octanol–water partition coefficient (Wildman–Crippen LogP) is 2.91. The summed E-state index contributed by atoms with van der Waals surface area (Å²) >= 11 is 2.13. The van der Waals surface area contributed by atoms with Crippen LogP contribution in [0.1, 0.15) is 39.0 Å². The summed E-state index contributed by atoms with van der Waals surface area (Å²) in [5, 5.41) is 3.49. The van der Waals surface area contributed by atoms with Gasteiger partial charge in [0.05, 0.1) is 0 Å². The van der Waals surface area contributed by atoms with E-state index in [0.717, 1.165) is 12.0 Å². The Balaban J connectivity index is 2.16. The largest absolute Gasteiger partial charge is 0.317 e. The molecule has 0 saturated carbocycles. The van der Waals surface area contributed by atoms with Crippen molar-refractivity contribution in [2.45, 2.75) is 45.1 Å². The Bertz CT molecular complexity index is 121. The van der Waals surface area contributed by atoms with Gasteiger partial charge in [-0.25, -0.2) is 0 Å². The van der Waals surface area contributed by atoms with Crippen molar-refractivity contribution in [3.05, 3.63) is 0 Å². The van der Waals surface area contributed by atoms with E-state index < -0.39 is 0 Å². The molecule has 0 radical (unpaired) electrons. The van der Waals surface area contributed by atoms with Gasteiger partial charge in [-0.3, -0.25) is 0 Å². The lowest BCUT2D eigenvalue weighted by Crippen LogP contribution is -2.33. The second kappa shape index (κ2) is 6.72. The molecule has 0 aromatic heterocycles. The van der Waals surface area contributed by atoms with E-state index in [1.807, 2.05) is 0 Å². The molecule has 0 aromatic rings. The van der Waals surface area contributed by atoms with Crippen molar-refractivity contribution in [2.24, 2.45) is 5.92 Å². The highest BCUT2D eigenvalue weighted by atomic mass is 32.2. The first kappa shape index (κ1) is 11.4. The van der Waals surface area contributed by atoms with Crippen LogP contribution in [0.2, 0.25) is 0 Å². The lowest BCUT2D eigenvalue weighted by molar-refractivity contribution is 0.372. The molecule has 1 aliphatic heterocycles.